The number of fused-ring (bicyclic) bond motifs is 2. The van der Waals surface area contributed by atoms with Crippen molar-refractivity contribution in [2.24, 2.45) is 5.92 Å². The average molecular weight is 529 g/mol. The summed E-state index contributed by atoms with van der Waals surface area (Å²) in [5.41, 5.74) is 1.85. The van der Waals surface area contributed by atoms with Gasteiger partial charge in [-0.05, 0) is 36.6 Å². The summed E-state index contributed by atoms with van der Waals surface area (Å²) >= 11 is 1.49. The summed E-state index contributed by atoms with van der Waals surface area (Å²) < 4.78 is 43.1. The first kappa shape index (κ1) is 26.3. The van der Waals surface area contributed by atoms with Crippen molar-refractivity contribution in [2.75, 3.05) is 44.8 Å². The molecule has 2 saturated heterocycles. The highest BCUT2D eigenvalue weighted by molar-refractivity contribution is 7.12. The lowest BCUT2D eigenvalue weighted by Crippen LogP contribution is -2.41. The molecule has 9 nitrogen and oxygen atoms in total. The van der Waals surface area contributed by atoms with E-state index in [0.29, 0.717) is 31.6 Å². The summed E-state index contributed by atoms with van der Waals surface area (Å²) in [7, 11) is 0. The van der Waals surface area contributed by atoms with Gasteiger partial charge < -0.3 is 24.8 Å². The number of carbonyl (C=O) groups is 2. The number of alkyl halides is 3. The summed E-state index contributed by atoms with van der Waals surface area (Å²) in [4.78, 5) is 33.9. The number of ether oxygens (including phenoxy) is 2. The van der Waals surface area contributed by atoms with E-state index in [1.807, 2.05) is 28.6 Å². The summed E-state index contributed by atoms with van der Waals surface area (Å²) in [6.07, 6.45) is -0.169. The third-order valence-corrected chi connectivity index (χ3v) is 7.37. The van der Waals surface area contributed by atoms with Crippen LogP contribution < -0.4 is 5.32 Å². The molecule has 1 amide bonds. The minimum atomic E-state index is -5.08. The molecule has 13 heteroatoms. The van der Waals surface area contributed by atoms with Gasteiger partial charge in [-0.1, -0.05) is 6.07 Å². The number of nitrogens with one attached hydrogen (secondary N) is 1. The Morgan fingerprint density at radius 3 is 2.69 bits per heavy atom. The fourth-order valence-corrected chi connectivity index (χ4v) is 5.27. The number of nitrogens with zero attached hydrogens (tertiary/aromatic N) is 3. The fourth-order valence-electron chi connectivity index (χ4n) is 4.58. The van der Waals surface area contributed by atoms with Gasteiger partial charge in [0.15, 0.2) is 0 Å². The highest BCUT2D eigenvalue weighted by atomic mass is 32.1. The molecule has 196 valence electrons. The van der Waals surface area contributed by atoms with E-state index < -0.39 is 12.1 Å². The molecular weight excluding hydrogens is 501 g/mol. The predicted molar refractivity (Wildman–Crippen MR) is 124 cm³/mol. The molecule has 2 aromatic heterocycles. The summed E-state index contributed by atoms with van der Waals surface area (Å²) in [6, 6.07) is 3.82. The molecule has 2 fully saturated rings. The number of anilines is 1. The Morgan fingerprint density at radius 1 is 1.28 bits per heavy atom. The van der Waals surface area contributed by atoms with Crippen molar-refractivity contribution in [3.8, 4) is 0 Å². The summed E-state index contributed by atoms with van der Waals surface area (Å²) in [5.74, 6) is -1.37. The molecule has 0 aromatic carbocycles. The molecule has 2 N–H and O–H groups in total. The van der Waals surface area contributed by atoms with E-state index in [1.165, 1.54) is 11.3 Å². The van der Waals surface area contributed by atoms with Crippen LogP contribution >= 0.6 is 11.3 Å². The van der Waals surface area contributed by atoms with Crippen LogP contribution in [0, 0.1) is 5.92 Å². The number of aliphatic carboxylic acids is 1. The van der Waals surface area contributed by atoms with Crippen LogP contribution in [-0.2, 0) is 26.3 Å². The number of likely N-dealkylation sites (tertiary alicyclic amines) is 1. The Bertz CT molecular complexity index is 1060. The van der Waals surface area contributed by atoms with Gasteiger partial charge in [0.05, 0.1) is 29.2 Å². The van der Waals surface area contributed by atoms with Crippen LogP contribution in [0.3, 0.4) is 0 Å². The monoisotopic (exact) mass is 528 g/mol. The molecule has 1 atom stereocenters. The van der Waals surface area contributed by atoms with Gasteiger partial charge in [-0.2, -0.15) is 13.2 Å². The van der Waals surface area contributed by atoms with E-state index in [0.717, 1.165) is 61.7 Å². The van der Waals surface area contributed by atoms with Gasteiger partial charge in [0.2, 0.25) is 5.95 Å². The maximum Gasteiger partial charge on any atom is 0.490 e. The van der Waals surface area contributed by atoms with Crippen LogP contribution in [0.15, 0.2) is 23.7 Å². The van der Waals surface area contributed by atoms with Crippen LogP contribution in [0.4, 0.5) is 19.1 Å². The van der Waals surface area contributed by atoms with E-state index in [-0.39, 0.29) is 11.3 Å². The quantitative estimate of drug-likeness (QED) is 0.622. The third kappa shape index (κ3) is 6.13. The SMILES string of the molecule is O=C(O)C(F)(F)F.O=C(c1cccs1)N1CCC2(COCc3cnc(NCC4CCOCC4)nc32)C1. The molecule has 5 heterocycles. The molecular formula is C23H27F3N4O5S. The van der Waals surface area contributed by atoms with Crippen LogP contribution in [0.25, 0.3) is 0 Å². The summed E-state index contributed by atoms with van der Waals surface area (Å²) in [6.45, 7) is 5.06. The van der Waals surface area contributed by atoms with Crippen LogP contribution in [0.2, 0.25) is 0 Å². The number of carboxylic acid groups (broad SMARTS) is 1. The Hall–Kier alpha value is -2.77. The lowest BCUT2D eigenvalue weighted by Gasteiger charge is -2.34. The molecule has 0 aliphatic carbocycles. The highest BCUT2D eigenvalue weighted by Crippen LogP contribution is 2.40. The van der Waals surface area contributed by atoms with Crippen LogP contribution in [0.5, 0.6) is 0 Å². The Labute approximate surface area is 209 Å². The first-order valence-corrected chi connectivity index (χ1v) is 12.4. The molecule has 5 rings (SSSR count). The minimum absolute atomic E-state index is 0.107. The molecule has 0 saturated carbocycles. The number of halogens is 3. The lowest BCUT2D eigenvalue weighted by molar-refractivity contribution is -0.192. The minimum Gasteiger partial charge on any atom is -0.475 e. The Balaban J connectivity index is 0.000000384. The third-order valence-electron chi connectivity index (χ3n) is 6.51. The summed E-state index contributed by atoms with van der Waals surface area (Å²) in [5, 5.41) is 12.5. The number of hydrogen-bond donors (Lipinski definition) is 2. The second kappa shape index (κ2) is 11.1. The van der Waals surface area contributed by atoms with Crippen molar-refractivity contribution >= 4 is 29.2 Å². The zero-order valence-corrected chi connectivity index (χ0v) is 20.2. The number of rotatable bonds is 4. The zero-order valence-electron chi connectivity index (χ0n) is 19.4. The second-order valence-corrected chi connectivity index (χ2v) is 9.98. The number of amides is 1. The molecule has 3 aliphatic rings. The van der Waals surface area contributed by atoms with Gasteiger partial charge in [-0.15, -0.1) is 11.3 Å². The van der Waals surface area contributed by atoms with Crippen molar-refractivity contribution in [3.63, 3.8) is 0 Å². The van der Waals surface area contributed by atoms with Crippen molar-refractivity contribution in [1.82, 2.24) is 14.9 Å². The maximum absolute atomic E-state index is 12.8. The molecule has 1 unspecified atom stereocenters. The molecule has 2 aromatic rings. The average Bonchev–Trinajstić information content (AvgIpc) is 3.55. The molecule has 36 heavy (non-hydrogen) atoms. The largest absolute Gasteiger partial charge is 0.490 e. The normalized spacial score (nSPS) is 22.0. The Kier molecular flexibility index (Phi) is 8.10. The van der Waals surface area contributed by atoms with Crippen molar-refractivity contribution in [1.29, 1.82) is 0 Å². The number of hydrogen-bond acceptors (Lipinski definition) is 8. The predicted octanol–water partition coefficient (Wildman–Crippen LogP) is 3.32. The fraction of sp³-hybridized carbons (Fsp3) is 0.565. The van der Waals surface area contributed by atoms with Gasteiger partial charge in [0.1, 0.15) is 0 Å². The molecule has 3 aliphatic heterocycles. The van der Waals surface area contributed by atoms with Crippen molar-refractivity contribution in [3.05, 3.63) is 39.8 Å². The Morgan fingerprint density at radius 2 is 2.03 bits per heavy atom. The van der Waals surface area contributed by atoms with Crippen molar-refractivity contribution in [2.45, 2.75) is 37.5 Å². The number of carboxylic acids is 1. The molecule has 0 bridgehead atoms. The highest BCUT2D eigenvalue weighted by Gasteiger charge is 2.46. The smallest absolute Gasteiger partial charge is 0.475 e. The molecule has 1 spiro atoms. The zero-order chi connectivity index (χ0) is 25.8. The van der Waals surface area contributed by atoms with Gasteiger partial charge >= 0.3 is 12.1 Å². The van der Waals surface area contributed by atoms with Gasteiger partial charge in [-0.25, -0.2) is 14.8 Å². The van der Waals surface area contributed by atoms with E-state index in [1.54, 1.807) is 0 Å². The second-order valence-electron chi connectivity index (χ2n) is 9.03. The number of carbonyl (C=O) groups excluding carboxylic acids is 1. The molecule has 0 radical (unpaired) electrons. The number of thiophene rings is 1. The van der Waals surface area contributed by atoms with E-state index in [4.69, 9.17) is 24.4 Å². The maximum atomic E-state index is 12.8. The van der Waals surface area contributed by atoms with E-state index in [9.17, 15) is 18.0 Å². The van der Waals surface area contributed by atoms with Crippen molar-refractivity contribution < 1.29 is 37.3 Å². The first-order chi connectivity index (χ1) is 17.2. The first-order valence-electron chi connectivity index (χ1n) is 11.6. The topological polar surface area (TPSA) is 114 Å². The van der Waals surface area contributed by atoms with Crippen LogP contribution in [0.1, 0.15) is 40.2 Å². The van der Waals surface area contributed by atoms with Gasteiger partial charge in [0.25, 0.3) is 5.91 Å². The lowest BCUT2D eigenvalue weighted by atomic mass is 9.80. The van der Waals surface area contributed by atoms with E-state index in [2.05, 4.69) is 10.3 Å². The van der Waals surface area contributed by atoms with Crippen LogP contribution in [-0.4, -0.2) is 77.5 Å². The standard InChI is InChI=1S/C21H26N4O3S.C2HF3O2/c26-19(17-2-1-9-29-17)25-6-5-21(13-25)14-28-12-16-11-23-20(24-18(16)21)22-10-15-3-7-27-8-4-15;3-2(4,5)1(6)7/h1-2,9,11,15H,3-8,10,12-14H2,(H,22,23,24);(H,6,7). The number of aromatic nitrogens is 2. The van der Waals surface area contributed by atoms with E-state index >= 15 is 0 Å². The van der Waals surface area contributed by atoms with Gasteiger partial charge in [0, 0.05) is 44.6 Å². The van der Waals surface area contributed by atoms with Gasteiger partial charge in [-0.3, -0.25) is 4.79 Å².